The van der Waals surface area contributed by atoms with Gasteiger partial charge in [0.2, 0.25) is 5.91 Å². The number of para-hydroxylation sites is 1. The normalized spacial score (nSPS) is 13.0. The number of aromatic nitrogens is 1. The summed E-state index contributed by atoms with van der Waals surface area (Å²) in [6.45, 7) is 2.58. The second-order valence-electron chi connectivity index (χ2n) is 6.03. The van der Waals surface area contributed by atoms with E-state index >= 15 is 0 Å². The third-order valence-electron chi connectivity index (χ3n) is 4.40. The molecule has 0 fully saturated rings. The molecule has 4 nitrogen and oxygen atoms in total. The zero-order valence-corrected chi connectivity index (χ0v) is 15.2. The molecule has 5 heteroatoms. The Morgan fingerprint density at radius 2 is 2.04 bits per heavy atom. The molecule has 0 unspecified atom stereocenters. The summed E-state index contributed by atoms with van der Waals surface area (Å²) in [7, 11) is 0. The second-order valence-corrected chi connectivity index (χ2v) is 6.99. The Kier molecular flexibility index (Phi) is 5.72. The van der Waals surface area contributed by atoms with Crippen LogP contribution < -0.4 is 4.90 Å². The van der Waals surface area contributed by atoms with Crippen LogP contribution in [-0.4, -0.2) is 23.2 Å². The predicted molar refractivity (Wildman–Crippen MR) is 101 cm³/mol. The van der Waals surface area contributed by atoms with Crippen LogP contribution in [0.25, 0.3) is 0 Å². The van der Waals surface area contributed by atoms with Gasteiger partial charge in [0.1, 0.15) is 11.1 Å². The number of hydrogen-bond donors (Lipinski definition) is 0. The minimum atomic E-state index is 0.0297. The lowest BCUT2D eigenvalue weighted by Crippen LogP contribution is -2.32. The number of thioether (sulfide) groups is 1. The number of fused-ring (bicyclic) bond motifs is 1. The molecule has 3 rings (SSSR count). The van der Waals surface area contributed by atoms with Gasteiger partial charge in [0.25, 0.3) is 0 Å². The molecule has 0 saturated carbocycles. The summed E-state index contributed by atoms with van der Waals surface area (Å²) >= 11 is 1.37. The summed E-state index contributed by atoms with van der Waals surface area (Å²) in [5.41, 5.74) is 3.77. The van der Waals surface area contributed by atoms with Gasteiger partial charge < -0.3 is 4.90 Å². The van der Waals surface area contributed by atoms with Gasteiger partial charge in [-0.25, -0.2) is 4.98 Å². The molecule has 128 valence electrons. The lowest BCUT2D eigenvalue weighted by atomic mass is 9.95. The van der Waals surface area contributed by atoms with Gasteiger partial charge in [0, 0.05) is 17.9 Å². The third-order valence-corrected chi connectivity index (χ3v) is 5.38. The van der Waals surface area contributed by atoms with Crippen molar-refractivity contribution in [3.8, 4) is 6.07 Å². The van der Waals surface area contributed by atoms with Gasteiger partial charge in [-0.15, -0.1) is 0 Å². The first-order chi connectivity index (χ1) is 12.2. The monoisotopic (exact) mass is 351 g/mol. The van der Waals surface area contributed by atoms with Gasteiger partial charge in [-0.2, -0.15) is 5.26 Å². The maximum absolute atomic E-state index is 12.6. The van der Waals surface area contributed by atoms with E-state index in [2.05, 4.69) is 11.1 Å². The number of hydrogen-bond acceptors (Lipinski definition) is 4. The Morgan fingerprint density at radius 1 is 1.28 bits per heavy atom. The first-order valence-electron chi connectivity index (χ1n) is 8.64. The van der Waals surface area contributed by atoms with E-state index in [0.717, 1.165) is 37.1 Å². The van der Waals surface area contributed by atoms with Crippen molar-refractivity contribution in [2.45, 2.75) is 37.6 Å². The van der Waals surface area contributed by atoms with Crippen LogP contribution in [0.15, 0.2) is 41.4 Å². The van der Waals surface area contributed by atoms with Crippen molar-refractivity contribution < 1.29 is 4.79 Å². The number of carbonyl (C=O) groups excluding carboxylic acids is 1. The van der Waals surface area contributed by atoms with Crippen LogP contribution in [0.3, 0.4) is 0 Å². The van der Waals surface area contributed by atoms with Crippen LogP contribution in [0.5, 0.6) is 0 Å². The van der Waals surface area contributed by atoms with Gasteiger partial charge in [-0.3, -0.25) is 4.79 Å². The van der Waals surface area contributed by atoms with E-state index in [1.807, 2.05) is 43.3 Å². The van der Waals surface area contributed by atoms with Crippen LogP contribution >= 0.6 is 11.8 Å². The zero-order chi connectivity index (χ0) is 17.6. The van der Waals surface area contributed by atoms with Crippen LogP contribution in [-0.2, 0) is 17.6 Å². The fourth-order valence-corrected chi connectivity index (χ4v) is 3.97. The van der Waals surface area contributed by atoms with E-state index in [0.29, 0.717) is 17.1 Å². The average molecular weight is 351 g/mol. The molecular formula is C20H21N3OS. The minimum absolute atomic E-state index is 0.0297. The molecule has 0 aliphatic heterocycles. The number of rotatable bonds is 5. The number of benzene rings is 1. The number of nitrogens with zero attached hydrogens (tertiary/aromatic N) is 3. The SMILES string of the molecule is CCN(C(=O)CSc1nc2c(cc1C#N)CCCC2)c1ccccc1. The van der Waals surface area contributed by atoms with Crippen LogP contribution in [0.2, 0.25) is 0 Å². The summed E-state index contributed by atoms with van der Waals surface area (Å²) in [4.78, 5) is 19.1. The molecule has 0 saturated heterocycles. The molecule has 2 aromatic rings. The quantitative estimate of drug-likeness (QED) is 0.765. The Morgan fingerprint density at radius 3 is 2.76 bits per heavy atom. The van der Waals surface area contributed by atoms with E-state index < -0.39 is 0 Å². The molecule has 25 heavy (non-hydrogen) atoms. The predicted octanol–water partition coefficient (Wildman–Crippen LogP) is 3.98. The Balaban J connectivity index is 1.74. The highest BCUT2D eigenvalue weighted by Crippen LogP contribution is 2.28. The summed E-state index contributed by atoms with van der Waals surface area (Å²) in [6.07, 6.45) is 4.27. The van der Waals surface area contributed by atoms with Crippen molar-refractivity contribution >= 4 is 23.4 Å². The second kappa shape index (κ2) is 8.17. The van der Waals surface area contributed by atoms with E-state index in [1.54, 1.807) is 4.90 Å². The standard InChI is InChI=1S/C20H21N3OS/c1-2-23(17-9-4-3-5-10-17)19(24)14-25-20-16(13-21)12-15-8-6-7-11-18(15)22-20/h3-5,9-10,12H,2,6-8,11,14H2,1H3. The fraction of sp³-hybridized carbons (Fsp3) is 0.350. The van der Waals surface area contributed by atoms with Crippen LogP contribution in [0.1, 0.15) is 36.6 Å². The molecule has 0 radical (unpaired) electrons. The fourth-order valence-electron chi connectivity index (χ4n) is 3.12. The van der Waals surface area contributed by atoms with E-state index in [1.165, 1.54) is 17.3 Å². The summed E-state index contributed by atoms with van der Waals surface area (Å²) in [6, 6.07) is 13.9. The molecule has 1 aromatic heterocycles. The summed E-state index contributed by atoms with van der Waals surface area (Å²) in [5.74, 6) is 0.311. The van der Waals surface area contributed by atoms with Gasteiger partial charge in [0.05, 0.1) is 11.3 Å². The minimum Gasteiger partial charge on any atom is -0.312 e. The Hall–Kier alpha value is -2.32. The number of amides is 1. The highest BCUT2D eigenvalue weighted by atomic mass is 32.2. The number of anilines is 1. The molecule has 1 aliphatic carbocycles. The van der Waals surface area contributed by atoms with Crippen LogP contribution in [0.4, 0.5) is 5.69 Å². The highest BCUT2D eigenvalue weighted by Gasteiger charge is 2.18. The largest absolute Gasteiger partial charge is 0.312 e. The molecule has 0 N–H and O–H groups in total. The number of aryl methyl sites for hydroxylation is 2. The molecule has 1 amide bonds. The topological polar surface area (TPSA) is 57.0 Å². The van der Waals surface area contributed by atoms with Crippen molar-refractivity contribution in [2.75, 3.05) is 17.2 Å². The zero-order valence-electron chi connectivity index (χ0n) is 14.4. The molecule has 0 bridgehead atoms. The van der Waals surface area contributed by atoms with Crippen molar-refractivity contribution in [3.05, 3.63) is 53.2 Å². The summed E-state index contributed by atoms with van der Waals surface area (Å²) in [5, 5.41) is 10.1. The van der Waals surface area contributed by atoms with Crippen molar-refractivity contribution in [3.63, 3.8) is 0 Å². The number of carbonyl (C=O) groups is 1. The van der Waals surface area contributed by atoms with Crippen molar-refractivity contribution in [1.29, 1.82) is 5.26 Å². The Bertz CT molecular complexity index is 799. The van der Waals surface area contributed by atoms with E-state index in [4.69, 9.17) is 0 Å². The van der Waals surface area contributed by atoms with Gasteiger partial charge in [-0.05, 0) is 56.4 Å². The van der Waals surface area contributed by atoms with Gasteiger partial charge in [0.15, 0.2) is 0 Å². The molecule has 1 aliphatic rings. The van der Waals surface area contributed by atoms with E-state index in [9.17, 15) is 10.1 Å². The van der Waals surface area contributed by atoms with E-state index in [-0.39, 0.29) is 11.7 Å². The molecule has 0 atom stereocenters. The average Bonchev–Trinajstić information content (AvgIpc) is 2.67. The lowest BCUT2D eigenvalue weighted by molar-refractivity contribution is -0.116. The summed E-state index contributed by atoms with van der Waals surface area (Å²) < 4.78 is 0. The lowest BCUT2D eigenvalue weighted by Gasteiger charge is -2.21. The van der Waals surface area contributed by atoms with Gasteiger partial charge in [-0.1, -0.05) is 30.0 Å². The van der Waals surface area contributed by atoms with Gasteiger partial charge >= 0.3 is 0 Å². The maximum Gasteiger partial charge on any atom is 0.237 e. The molecular weight excluding hydrogens is 330 g/mol. The maximum atomic E-state index is 12.6. The number of pyridine rings is 1. The molecule has 1 heterocycles. The highest BCUT2D eigenvalue weighted by molar-refractivity contribution is 8.00. The third kappa shape index (κ3) is 4.02. The van der Waals surface area contributed by atoms with Crippen molar-refractivity contribution in [1.82, 2.24) is 4.98 Å². The smallest absolute Gasteiger partial charge is 0.237 e. The Labute approximate surface area is 152 Å². The number of nitriles is 1. The van der Waals surface area contributed by atoms with Crippen LogP contribution in [0, 0.1) is 11.3 Å². The molecule has 1 aromatic carbocycles. The first kappa shape index (κ1) is 17.5. The first-order valence-corrected chi connectivity index (χ1v) is 9.62. The molecule has 0 spiro atoms. The van der Waals surface area contributed by atoms with Crippen molar-refractivity contribution in [2.24, 2.45) is 0 Å².